The highest BCUT2D eigenvalue weighted by atomic mass is 32.1. The van der Waals surface area contributed by atoms with Crippen LogP contribution in [-0.4, -0.2) is 176 Å². The second kappa shape index (κ2) is 31.8. The molecule has 0 spiro atoms. The van der Waals surface area contributed by atoms with E-state index in [1.807, 2.05) is 0 Å². The number of imidazole rings is 1. The van der Waals surface area contributed by atoms with E-state index in [1.54, 1.807) is 0 Å². The molecule has 0 bridgehead atoms. The summed E-state index contributed by atoms with van der Waals surface area (Å²) in [6, 6.07) is -5.88. The highest BCUT2D eigenvalue weighted by Gasteiger charge is 2.35. The number of phenolic OH excluding ortho intramolecular Hbond substituents is 1. The average molecular weight is 1070 g/mol. The van der Waals surface area contributed by atoms with Gasteiger partial charge in [0.15, 0.2) is 11.9 Å². The number of aliphatic carboxylic acids is 1. The van der Waals surface area contributed by atoms with Crippen LogP contribution in [0.1, 0.15) is 50.8 Å². The summed E-state index contributed by atoms with van der Waals surface area (Å²) in [5.41, 5.74) is 28.1. The number of hydrogen-bond acceptors (Lipinski definition) is 17. The first-order valence-electron chi connectivity index (χ1n) is 22.6. The second-order valence-electron chi connectivity index (χ2n) is 16.4. The third-order valence-electron chi connectivity index (χ3n) is 10.4. The first-order valence-corrected chi connectivity index (χ1v) is 23.9. The van der Waals surface area contributed by atoms with Crippen LogP contribution in [0.15, 0.2) is 46.8 Å². The summed E-state index contributed by atoms with van der Waals surface area (Å²) >= 11 is 7.92. The van der Waals surface area contributed by atoms with E-state index in [-0.39, 0.29) is 80.8 Å². The lowest BCUT2D eigenvalue weighted by molar-refractivity contribution is -0.141. The zero-order valence-corrected chi connectivity index (χ0v) is 41.9. The maximum absolute atomic E-state index is 14.1. The van der Waals surface area contributed by atoms with E-state index >= 15 is 0 Å². The third kappa shape index (κ3) is 23.2. The zero-order chi connectivity index (χ0) is 54.8. The number of carbonyl (C=O) groups excluding carboxylic acids is 8. The van der Waals surface area contributed by atoms with Crippen molar-refractivity contribution >= 4 is 90.4 Å². The summed E-state index contributed by atoms with van der Waals surface area (Å²) in [6.45, 7) is 1.93. The van der Waals surface area contributed by atoms with E-state index in [2.05, 4.69) is 87.7 Å². The Morgan fingerprint density at radius 2 is 1.16 bits per heavy atom. The molecule has 2 rings (SSSR count). The minimum atomic E-state index is -1.81. The van der Waals surface area contributed by atoms with Gasteiger partial charge in [0, 0.05) is 49.3 Å². The lowest BCUT2D eigenvalue weighted by Gasteiger charge is -2.28. The van der Waals surface area contributed by atoms with Crippen molar-refractivity contribution in [1.29, 1.82) is 0 Å². The fraction of sp³-hybridized carbons (Fsp3) is 0.524. The van der Waals surface area contributed by atoms with Crippen molar-refractivity contribution in [2.45, 2.75) is 107 Å². The number of H-pyrrole nitrogens is 1. The summed E-state index contributed by atoms with van der Waals surface area (Å²) in [6.07, 6.45) is 0.588. The highest BCUT2D eigenvalue weighted by molar-refractivity contribution is 7.80. The summed E-state index contributed by atoms with van der Waals surface area (Å²) in [5, 5.41) is 49.8. The highest BCUT2D eigenvalue weighted by Crippen LogP contribution is 2.13. The van der Waals surface area contributed by atoms with Crippen LogP contribution in [0.2, 0.25) is 0 Å². The number of nitrogens with two attached hydrogens (primary N) is 5. The Labute approximate surface area is 430 Å². The van der Waals surface area contributed by atoms with E-state index in [1.165, 1.54) is 43.7 Å². The first-order chi connectivity index (χ1) is 34.4. The molecule has 22 N–H and O–H groups in total. The number of hydrogen-bond donors (Lipinski definition) is 19. The molecule has 0 aliphatic carbocycles. The second-order valence-corrected chi connectivity index (χ2v) is 17.1. The van der Waals surface area contributed by atoms with Gasteiger partial charge in [-0.1, -0.05) is 12.1 Å². The predicted molar refractivity (Wildman–Crippen MR) is 271 cm³/mol. The van der Waals surface area contributed by atoms with E-state index in [9.17, 15) is 58.5 Å². The average Bonchev–Trinajstić information content (AvgIpc) is 3.85. The number of thiol groups is 2. The van der Waals surface area contributed by atoms with Crippen molar-refractivity contribution < 1.29 is 58.5 Å². The molecular weight excluding hydrogens is 999 g/mol. The van der Waals surface area contributed by atoms with Gasteiger partial charge in [0.05, 0.1) is 25.0 Å². The van der Waals surface area contributed by atoms with Crippen molar-refractivity contribution in [2.75, 3.05) is 31.1 Å². The van der Waals surface area contributed by atoms with Crippen molar-refractivity contribution in [3.05, 3.63) is 48.0 Å². The molecule has 31 heteroatoms. The molecule has 73 heavy (non-hydrogen) atoms. The number of aromatic nitrogens is 2. The molecule has 0 aliphatic heterocycles. The van der Waals surface area contributed by atoms with E-state index in [4.69, 9.17) is 28.7 Å². The van der Waals surface area contributed by atoms with Gasteiger partial charge in [-0.25, -0.2) is 9.78 Å². The largest absolute Gasteiger partial charge is 0.508 e. The van der Waals surface area contributed by atoms with Gasteiger partial charge in [-0.2, -0.15) is 25.3 Å². The first kappa shape index (κ1) is 61.7. The number of guanidine groups is 2. The standard InChI is InChI=1S/C42H67N17O12S2/c1-20(53-35(65)26(5-3-11-49-41(44)45)54-31(62)16-51-34(64)25(43)17-72)33(63)56-28(13-22-7-9-24(61)10-8-22)38(68)59-32(21(2)60)39(69)55-27(6-4-12-50-42(46)47)36(66)57-29(14-23-15-48-19-52-23)37(67)58-30(18-73)40(70)71/h7-10,15,19-21,25-30,32,60-61,72-73H,3-6,11-14,16-18,43H2,1-2H3,(H,48,52)(H,51,64)(H,53,65)(H,54,62)(H,55,69)(H,56,63)(H,57,66)(H,58,67)(H,59,68)(H,70,71)(H4,44,45,49)(H4,46,47,50)/t20-,21+,25-,26-,27-,28-,29-,30-,32-/m0/s1. The van der Waals surface area contributed by atoms with Crippen LogP contribution in [0.5, 0.6) is 5.75 Å². The molecule has 2 aromatic rings. The van der Waals surface area contributed by atoms with Crippen LogP contribution in [0, 0.1) is 0 Å². The van der Waals surface area contributed by atoms with Gasteiger partial charge in [-0.05, 0) is 57.2 Å². The molecule has 29 nitrogen and oxygen atoms in total. The monoisotopic (exact) mass is 1070 g/mol. The summed E-state index contributed by atoms with van der Waals surface area (Å²) in [4.78, 5) is 134. The lowest BCUT2D eigenvalue weighted by atomic mass is 10.0. The number of carbonyl (C=O) groups is 9. The quantitative estimate of drug-likeness (QED) is 0.0140. The van der Waals surface area contributed by atoms with Crippen molar-refractivity contribution in [3.8, 4) is 5.75 Å². The molecule has 404 valence electrons. The predicted octanol–water partition coefficient (Wildman–Crippen LogP) is -6.81. The molecule has 0 unspecified atom stereocenters. The molecular formula is C42H67N17O12S2. The van der Waals surface area contributed by atoms with Crippen molar-refractivity contribution in [3.63, 3.8) is 0 Å². The SMILES string of the molecule is C[C@H](NC(=O)[C@H](CCCN=C(N)N)NC(=O)CNC(=O)[C@@H](N)CS)C(=O)N[C@@H](Cc1ccc(O)cc1)C(=O)N[C@H](C(=O)N[C@@H](CCCN=C(N)N)C(=O)N[C@@H](Cc1cnc[nH]1)C(=O)N[C@@H](CS)C(=O)O)[C@@H](C)O. The number of nitrogens with one attached hydrogen (secondary N) is 9. The van der Waals surface area contributed by atoms with Crippen LogP contribution < -0.4 is 71.2 Å². The van der Waals surface area contributed by atoms with Gasteiger partial charge in [0.1, 0.15) is 48.0 Å². The Kier molecular flexibility index (Phi) is 26.9. The van der Waals surface area contributed by atoms with Gasteiger partial charge >= 0.3 is 5.97 Å². The van der Waals surface area contributed by atoms with Crippen LogP contribution in [0.3, 0.4) is 0 Å². The number of benzene rings is 1. The fourth-order valence-electron chi connectivity index (χ4n) is 6.40. The van der Waals surface area contributed by atoms with Crippen LogP contribution in [0.4, 0.5) is 0 Å². The van der Waals surface area contributed by atoms with E-state index < -0.39 is 114 Å². The topological polar surface area (TPSA) is 494 Å². The van der Waals surface area contributed by atoms with Crippen molar-refractivity contribution in [2.24, 2.45) is 38.7 Å². The molecule has 1 aromatic carbocycles. The maximum atomic E-state index is 14.1. The summed E-state index contributed by atoms with van der Waals surface area (Å²) < 4.78 is 0. The van der Waals surface area contributed by atoms with Gasteiger partial charge in [0.2, 0.25) is 47.3 Å². The Morgan fingerprint density at radius 1 is 0.658 bits per heavy atom. The lowest BCUT2D eigenvalue weighted by Crippen LogP contribution is -2.62. The normalized spacial score (nSPS) is 14.5. The Hall–Kier alpha value is -7.38. The minimum absolute atomic E-state index is 0.00146. The number of aromatic hydroxyl groups is 1. The molecule has 1 heterocycles. The molecule has 9 atom stereocenters. The van der Waals surface area contributed by atoms with Gasteiger partial charge in [-0.3, -0.25) is 48.3 Å². The molecule has 1 aromatic heterocycles. The number of amides is 8. The molecule has 0 saturated carbocycles. The van der Waals surface area contributed by atoms with Gasteiger partial charge in [-0.15, -0.1) is 0 Å². The van der Waals surface area contributed by atoms with Gasteiger partial charge in [0.25, 0.3) is 0 Å². The number of aliphatic hydroxyl groups excluding tert-OH is 1. The number of aromatic amines is 1. The fourth-order valence-corrected chi connectivity index (χ4v) is 6.81. The number of carboxylic acids is 1. The van der Waals surface area contributed by atoms with Crippen molar-refractivity contribution in [1.82, 2.24) is 52.5 Å². The molecule has 0 saturated heterocycles. The minimum Gasteiger partial charge on any atom is -0.508 e. The van der Waals surface area contributed by atoms with E-state index in [0.29, 0.717) is 11.3 Å². The number of nitrogens with zero attached hydrogens (tertiary/aromatic N) is 3. The zero-order valence-electron chi connectivity index (χ0n) is 40.1. The molecule has 8 amide bonds. The Bertz CT molecular complexity index is 2230. The number of aliphatic hydroxyl groups is 1. The number of rotatable bonds is 32. The summed E-state index contributed by atoms with van der Waals surface area (Å²) in [7, 11) is 0. The van der Waals surface area contributed by atoms with Gasteiger partial charge < -0.3 is 91.5 Å². The van der Waals surface area contributed by atoms with E-state index in [0.717, 1.165) is 6.92 Å². The Balaban J connectivity index is 2.40. The van der Waals surface area contributed by atoms with Crippen LogP contribution in [0.25, 0.3) is 0 Å². The maximum Gasteiger partial charge on any atom is 0.327 e. The molecule has 0 fully saturated rings. The smallest absolute Gasteiger partial charge is 0.327 e. The Morgan fingerprint density at radius 3 is 1.68 bits per heavy atom. The number of phenols is 1. The number of aliphatic imine (C=N–C) groups is 2. The molecule has 0 aliphatic rings. The number of carboxylic acid groups (broad SMARTS) is 1. The third-order valence-corrected chi connectivity index (χ3v) is 11.1. The summed E-state index contributed by atoms with van der Waals surface area (Å²) in [5.74, 6) is -9.52. The van der Waals surface area contributed by atoms with Crippen LogP contribution >= 0.6 is 25.3 Å². The van der Waals surface area contributed by atoms with Crippen LogP contribution in [-0.2, 0) is 56.0 Å². The molecule has 0 radical (unpaired) electrons.